The number of aromatic amines is 1. The molecule has 1 amide bonds. The largest absolute Gasteiger partial charge is 0.361 e. The van der Waals surface area contributed by atoms with Crippen molar-refractivity contribution in [1.82, 2.24) is 4.98 Å². The molecule has 5 nitrogen and oxygen atoms in total. The van der Waals surface area contributed by atoms with E-state index in [2.05, 4.69) is 10.3 Å². The Morgan fingerprint density at radius 1 is 1.08 bits per heavy atom. The van der Waals surface area contributed by atoms with Crippen LogP contribution in [-0.4, -0.2) is 25.1 Å². The van der Waals surface area contributed by atoms with Crippen LogP contribution < -0.4 is 5.32 Å². The molecule has 0 saturated heterocycles. The fourth-order valence-electron chi connectivity index (χ4n) is 2.39. The second kappa shape index (κ2) is 6.67. The van der Waals surface area contributed by atoms with Gasteiger partial charge in [-0.25, -0.2) is 8.42 Å². The SMILES string of the molecule is O=C(CCS(=O)(=O)c1ccc(Cl)cc1)Nc1cccc2[nH]ccc12. The van der Waals surface area contributed by atoms with Gasteiger partial charge in [0.2, 0.25) is 5.91 Å². The molecule has 1 heterocycles. The predicted molar refractivity (Wildman–Crippen MR) is 95.1 cm³/mol. The van der Waals surface area contributed by atoms with E-state index in [1.54, 1.807) is 12.3 Å². The van der Waals surface area contributed by atoms with Crippen molar-refractivity contribution in [2.24, 2.45) is 0 Å². The van der Waals surface area contributed by atoms with Gasteiger partial charge in [0.15, 0.2) is 9.84 Å². The molecule has 0 fully saturated rings. The van der Waals surface area contributed by atoms with E-state index in [0.29, 0.717) is 10.7 Å². The van der Waals surface area contributed by atoms with Gasteiger partial charge in [-0.1, -0.05) is 17.7 Å². The number of halogens is 1. The predicted octanol–water partition coefficient (Wildman–Crippen LogP) is 3.62. The number of sulfone groups is 1. The van der Waals surface area contributed by atoms with E-state index in [1.165, 1.54) is 24.3 Å². The molecule has 0 saturated carbocycles. The highest BCUT2D eigenvalue weighted by molar-refractivity contribution is 7.91. The molecule has 2 aromatic carbocycles. The summed E-state index contributed by atoms with van der Waals surface area (Å²) in [7, 11) is -3.52. The third kappa shape index (κ3) is 3.60. The molecular weight excluding hydrogens is 348 g/mol. The number of amides is 1. The third-order valence-corrected chi connectivity index (χ3v) is 5.62. The number of nitrogens with one attached hydrogen (secondary N) is 2. The smallest absolute Gasteiger partial charge is 0.225 e. The number of carbonyl (C=O) groups excluding carboxylic acids is 1. The molecule has 7 heteroatoms. The van der Waals surface area contributed by atoms with E-state index in [1.807, 2.05) is 18.2 Å². The Hall–Kier alpha value is -2.31. The summed E-state index contributed by atoms with van der Waals surface area (Å²) in [6.07, 6.45) is 1.66. The maximum absolute atomic E-state index is 12.2. The van der Waals surface area contributed by atoms with Crippen molar-refractivity contribution in [3.05, 3.63) is 59.8 Å². The lowest BCUT2D eigenvalue weighted by atomic mass is 10.2. The van der Waals surface area contributed by atoms with Crippen LogP contribution >= 0.6 is 11.6 Å². The maximum atomic E-state index is 12.2. The molecule has 124 valence electrons. The molecule has 3 rings (SSSR count). The maximum Gasteiger partial charge on any atom is 0.225 e. The molecule has 0 aliphatic rings. The molecule has 0 atom stereocenters. The minimum atomic E-state index is -3.52. The molecular formula is C17H15ClN2O3S. The molecule has 2 N–H and O–H groups in total. The summed E-state index contributed by atoms with van der Waals surface area (Å²) in [5.74, 6) is -0.606. The lowest BCUT2D eigenvalue weighted by molar-refractivity contribution is -0.115. The van der Waals surface area contributed by atoms with Crippen molar-refractivity contribution in [1.29, 1.82) is 0 Å². The van der Waals surface area contributed by atoms with Gasteiger partial charge in [0.1, 0.15) is 0 Å². The minimum Gasteiger partial charge on any atom is -0.361 e. The van der Waals surface area contributed by atoms with Crippen LogP contribution in [0.2, 0.25) is 5.02 Å². The van der Waals surface area contributed by atoms with Crippen molar-refractivity contribution in [3.8, 4) is 0 Å². The average Bonchev–Trinajstić information content (AvgIpc) is 3.03. The van der Waals surface area contributed by atoms with Crippen molar-refractivity contribution in [2.75, 3.05) is 11.1 Å². The second-order valence-electron chi connectivity index (χ2n) is 5.32. The summed E-state index contributed by atoms with van der Waals surface area (Å²) >= 11 is 5.76. The first-order chi connectivity index (χ1) is 11.5. The zero-order valence-electron chi connectivity index (χ0n) is 12.6. The molecule has 0 spiro atoms. The van der Waals surface area contributed by atoms with Crippen LogP contribution in [0.1, 0.15) is 6.42 Å². The highest BCUT2D eigenvalue weighted by Crippen LogP contribution is 2.22. The lowest BCUT2D eigenvalue weighted by Crippen LogP contribution is -2.17. The Morgan fingerprint density at radius 2 is 1.83 bits per heavy atom. The van der Waals surface area contributed by atoms with Crippen LogP contribution in [-0.2, 0) is 14.6 Å². The first-order valence-corrected chi connectivity index (χ1v) is 9.33. The van der Waals surface area contributed by atoms with Crippen LogP contribution in [0.5, 0.6) is 0 Å². The van der Waals surface area contributed by atoms with Gasteiger partial charge in [-0.15, -0.1) is 0 Å². The van der Waals surface area contributed by atoms with E-state index in [0.717, 1.165) is 10.9 Å². The summed E-state index contributed by atoms with van der Waals surface area (Å²) < 4.78 is 24.5. The second-order valence-corrected chi connectivity index (χ2v) is 7.86. The van der Waals surface area contributed by atoms with Gasteiger partial charge in [-0.3, -0.25) is 4.79 Å². The van der Waals surface area contributed by atoms with Crippen molar-refractivity contribution >= 4 is 43.9 Å². The topological polar surface area (TPSA) is 79.0 Å². The number of rotatable bonds is 5. The Kier molecular flexibility index (Phi) is 4.59. The van der Waals surface area contributed by atoms with E-state index in [-0.39, 0.29) is 23.0 Å². The quantitative estimate of drug-likeness (QED) is 0.727. The van der Waals surface area contributed by atoms with E-state index in [9.17, 15) is 13.2 Å². The number of hydrogen-bond acceptors (Lipinski definition) is 3. The van der Waals surface area contributed by atoms with E-state index >= 15 is 0 Å². The fourth-order valence-corrected chi connectivity index (χ4v) is 3.76. The molecule has 0 unspecified atom stereocenters. The van der Waals surface area contributed by atoms with Gasteiger partial charge in [0.05, 0.1) is 16.3 Å². The molecule has 0 aliphatic heterocycles. The molecule has 0 radical (unpaired) electrons. The first kappa shape index (κ1) is 16.5. The number of aromatic nitrogens is 1. The number of H-pyrrole nitrogens is 1. The summed E-state index contributed by atoms with van der Waals surface area (Å²) in [6.45, 7) is 0. The van der Waals surface area contributed by atoms with Gasteiger partial charge < -0.3 is 10.3 Å². The van der Waals surface area contributed by atoms with Crippen molar-refractivity contribution in [3.63, 3.8) is 0 Å². The molecule has 0 aliphatic carbocycles. The van der Waals surface area contributed by atoms with Gasteiger partial charge in [-0.2, -0.15) is 0 Å². The Bertz CT molecular complexity index is 978. The van der Waals surface area contributed by atoms with E-state index in [4.69, 9.17) is 11.6 Å². The van der Waals surface area contributed by atoms with Gasteiger partial charge in [0, 0.05) is 28.5 Å². The number of benzene rings is 2. The third-order valence-electron chi connectivity index (χ3n) is 3.64. The standard InChI is InChI=1S/C17H15ClN2O3S/c18-12-4-6-13(7-5-12)24(22,23)11-9-17(21)20-16-3-1-2-15-14(16)8-10-19-15/h1-8,10,19H,9,11H2,(H,20,21). The molecule has 24 heavy (non-hydrogen) atoms. The number of carbonyl (C=O) groups is 1. The average molecular weight is 363 g/mol. The van der Waals surface area contributed by atoms with Crippen LogP contribution in [0.25, 0.3) is 10.9 Å². The van der Waals surface area contributed by atoms with Crippen LogP contribution in [0, 0.1) is 0 Å². The van der Waals surface area contributed by atoms with Crippen LogP contribution in [0.3, 0.4) is 0 Å². The Balaban J connectivity index is 1.67. The molecule has 3 aromatic rings. The minimum absolute atomic E-state index is 0.119. The number of hydrogen-bond donors (Lipinski definition) is 2. The van der Waals surface area contributed by atoms with Crippen molar-refractivity contribution in [2.45, 2.75) is 11.3 Å². The van der Waals surface area contributed by atoms with Gasteiger partial charge in [-0.05, 0) is 42.5 Å². The molecule has 0 bridgehead atoms. The normalized spacial score (nSPS) is 11.5. The summed E-state index contributed by atoms with van der Waals surface area (Å²) in [4.78, 5) is 15.3. The van der Waals surface area contributed by atoms with E-state index < -0.39 is 9.84 Å². The summed E-state index contributed by atoms with van der Waals surface area (Å²) in [5.41, 5.74) is 1.56. The summed E-state index contributed by atoms with van der Waals surface area (Å²) in [6, 6.07) is 13.3. The zero-order chi connectivity index (χ0) is 17.2. The Labute approximate surface area is 144 Å². The first-order valence-electron chi connectivity index (χ1n) is 7.30. The van der Waals surface area contributed by atoms with Crippen LogP contribution in [0.15, 0.2) is 59.6 Å². The highest BCUT2D eigenvalue weighted by Gasteiger charge is 2.17. The monoisotopic (exact) mass is 362 g/mol. The number of anilines is 1. The van der Waals surface area contributed by atoms with Crippen molar-refractivity contribution < 1.29 is 13.2 Å². The highest BCUT2D eigenvalue weighted by atomic mass is 35.5. The summed E-state index contributed by atoms with van der Waals surface area (Å²) in [5, 5.41) is 4.10. The van der Waals surface area contributed by atoms with Gasteiger partial charge >= 0.3 is 0 Å². The van der Waals surface area contributed by atoms with Crippen LogP contribution in [0.4, 0.5) is 5.69 Å². The zero-order valence-corrected chi connectivity index (χ0v) is 14.2. The Morgan fingerprint density at radius 3 is 2.58 bits per heavy atom. The fraction of sp³-hybridized carbons (Fsp3) is 0.118. The number of fused-ring (bicyclic) bond motifs is 1. The molecule has 1 aromatic heterocycles. The lowest BCUT2D eigenvalue weighted by Gasteiger charge is -2.07. The van der Waals surface area contributed by atoms with Gasteiger partial charge in [0.25, 0.3) is 0 Å².